The first-order valence-electron chi connectivity index (χ1n) is 5.52. The van der Waals surface area contributed by atoms with Crippen molar-refractivity contribution in [3.63, 3.8) is 0 Å². The number of halogens is 2. The van der Waals surface area contributed by atoms with Gasteiger partial charge in [-0.05, 0) is 31.2 Å². The average Bonchev–Trinajstić information content (AvgIpc) is 2.44. The molecule has 0 saturated heterocycles. The van der Waals surface area contributed by atoms with Gasteiger partial charge >= 0.3 is 0 Å². The molecule has 20 heavy (non-hydrogen) atoms. The van der Waals surface area contributed by atoms with E-state index in [1.54, 1.807) is 0 Å². The van der Waals surface area contributed by atoms with Crippen molar-refractivity contribution in [3.05, 3.63) is 52.1 Å². The van der Waals surface area contributed by atoms with Crippen molar-refractivity contribution in [3.8, 4) is 6.07 Å². The fraction of sp³-hybridized carbons (Fsp3) is 0.0769. The standard InChI is InChI=1S/C13H8ClFN4O/c1-7-9(15)4-8(6-16)5-11(7)17-13(20)10-2-3-12(14)19-18-10/h2-5H,1H3,(H,17,20). The third-order valence-corrected chi connectivity index (χ3v) is 2.79. The topological polar surface area (TPSA) is 78.7 Å². The maximum absolute atomic E-state index is 13.6. The van der Waals surface area contributed by atoms with Gasteiger partial charge in [-0.15, -0.1) is 10.2 Å². The predicted octanol–water partition coefficient (Wildman–Crippen LogP) is 2.70. The highest BCUT2D eigenvalue weighted by Gasteiger charge is 2.13. The molecule has 1 aromatic carbocycles. The summed E-state index contributed by atoms with van der Waals surface area (Å²) in [6, 6.07) is 7.12. The van der Waals surface area contributed by atoms with Crippen LogP contribution in [0.4, 0.5) is 10.1 Å². The minimum atomic E-state index is -0.568. The van der Waals surface area contributed by atoms with E-state index in [2.05, 4.69) is 15.5 Å². The van der Waals surface area contributed by atoms with Gasteiger partial charge < -0.3 is 5.32 Å². The Labute approximate surface area is 119 Å². The Morgan fingerprint density at radius 2 is 2.15 bits per heavy atom. The van der Waals surface area contributed by atoms with Gasteiger partial charge in [0.15, 0.2) is 10.8 Å². The number of hydrogen-bond acceptors (Lipinski definition) is 4. The summed E-state index contributed by atoms with van der Waals surface area (Å²) < 4.78 is 13.6. The monoisotopic (exact) mass is 290 g/mol. The smallest absolute Gasteiger partial charge is 0.276 e. The van der Waals surface area contributed by atoms with Crippen LogP contribution >= 0.6 is 11.6 Å². The molecule has 0 aliphatic rings. The highest BCUT2D eigenvalue weighted by molar-refractivity contribution is 6.29. The quantitative estimate of drug-likeness (QED) is 0.922. The summed E-state index contributed by atoms with van der Waals surface area (Å²) >= 11 is 5.57. The van der Waals surface area contributed by atoms with Gasteiger partial charge in [-0.25, -0.2) is 4.39 Å². The predicted molar refractivity (Wildman–Crippen MR) is 70.8 cm³/mol. The van der Waals surface area contributed by atoms with Crippen LogP contribution in [0.2, 0.25) is 5.15 Å². The minimum absolute atomic E-state index is 0.0385. The van der Waals surface area contributed by atoms with Gasteiger partial charge in [0.05, 0.1) is 11.6 Å². The Morgan fingerprint density at radius 3 is 2.75 bits per heavy atom. The summed E-state index contributed by atoms with van der Waals surface area (Å²) in [4.78, 5) is 11.9. The molecule has 0 saturated carbocycles. The molecule has 2 aromatic rings. The molecule has 0 fully saturated rings. The molecule has 7 heteroatoms. The number of nitrogens with zero attached hydrogens (tertiary/aromatic N) is 3. The molecule has 0 atom stereocenters. The second kappa shape index (κ2) is 5.63. The Kier molecular flexibility index (Phi) is 3.91. The van der Waals surface area contributed by atoms with Crippen LogP contribution in [0.25, 0.3) is 0 Å². The van der Waals surface area contributed by atoms with Crippen LogP contribution in [0, 0.1) is 24.1 Å². The molecule has 0 aliphatic heterocycles. The Hall–Kier alpha value is -2.52. The molecule has 0 bridgehead atoms. The fourth-order valence-corrected chi connectivity index (χ4v) is 1.60. The lowest BCUT2D eigenvalue weighted by Gasteiger charge is -2.09. The summed E-state index contributed by atoms with van der Waals surface area (Å²) in [6.07, 6.45) is 0. The minimum Gasteiger partial charge on any atom is -0.320 e. The molecule has 1 N–H and O–H groups in total. The number of nitriles is 1. The fourth-order valence-electron chi connectivity index (χ4n) is 1.50. The number of benzene rings is 1. The largest absolute Gasteiger partial charge is 0.320 e. The van der Waals surface area contributed by atoms with Gasteiger partial charge in [-0.2, -0.15) is 5.26 Å². The van der Waals surface area contributed by atoms with Gasteiger partial charge in [0, 0.05) is 11.3 Å². The maximum atomic E-state index is 13.6. The van der Waals surface area contributed by atoms with Gasteiger partial charge in [0.25, 0.3) is 5.91 Å². The number of carbonyl (C=O) groups is 1. The Balaban J connectivity index is 2.30. The SMILES string of the molecule is Cc1c(F)cc(C#N)cc1NC(=O)c1ccc(Cl)nn1. The number of anilines is 1. The molecule has 1 amide bonds. The van der Waals surface area contributed by atoms with Crippen molar-refractivity contribution in [2.24, 2.45) is 0 Å². The lowest BCUT2D eigenvalue weighted by Crippen LogP contribution is -2.15. The number of aromatic nitrogens is 2. The van der Waals surface area contributed by atoms with E-state index in [0.717, 1.165) is 6.07 Å². The van der Waals surface area contributed by atoms with Crippen molar-refractivity contribution in [2.45, 2.75) is 6.92 Å². The molecule has 2 rings (SSSR count). The van der Waals surface area contributed by atoms with Crippen LogP contribution in [0.15, 0.2) is 24.3 Å². The van der Waals surface area contributed by atoms with Gasteiger partial charge in [0.1, 0.15) is 5.82 Å². The first kappa shape index (κ1) is 13.9. The van der Waals surface area contributed by atoms with E-state index in [1.807, 2.05) is 6.07 Å². The van der Waals surface area contributed by atoms with Gasteiger partial charge in [0.2, 0.25) is 0 Å². The van der Waals surface area contributed by atoms with Crippen LogP contribution in [0.3, 0.4) is 0 Å². The number of amides is 1. The Bertz CT molecular complexity index is 710. The maximum Gasteiger partial charge on any atom is 0.276 e. The highest BCUT2D eigenvalue weighted by Crippen LogP contribution is 2.21. The van der Waals surface area contributed by atoms with E-state index in [4.69, 9.17) is 16.9 Å². The molecule has 0 aliphatic carbocycles. The van der Waals surface area contributed by atoms with Crippen molar-refractivity contribution >= 4 is 23.2 Å². The summed E-state index contributed by atoms with van der Waals surface area (Å²) in [6.45, 7) is 1.50. The highest BCUT2D eigenvalue weighted by atomic mass is 35.5. The molecule has 5 nitrogen and oxygen atoms in total. The van der Waals surface area contributed by atoms with Crippen LogP contribution < -0.4 is 5.32 Å². The normalized spacial score (nSPS) is 9.90. The lowest BCUT2D eigenvalue weighted by molar-refractivity contribution is 0.102. The number of carbonyl (C=O) groups excluding carboxylic acids is 1. The summed E-state index contributed by atoms with van der Waals surface area (Å²) in [7, 11) is 0. The zero-order valence-corrected chi connectivity index (χ0v) is 11.1. The Morgan fingerprint density at radius 1 is 1.40 bits per heavy atom. The third kappa shape index (κ3) is 2.90. The average molecular weight is 291 g/mol. The van der Waals surface area contributed by atoms with E-state index >= 15 is 0 Å². The summed E-state index contributed by atoms with van der Waals surface area (Å²) in [5.74, 6) is -1.13. The molecule has 0 unspecified atom stereocenters. The second-order valence-corrected chi connectivity index (χ2v) is 4.33. The van der Waals surface area contributed by atoms with Crippen LogP contribution in [-0.2, 0) is 0 Å². The van der Waals surface area contributed by atoms with E-state index in [1.165, 1.54) is 25.1 Å². The first-order chi connectivity index (χ1) is 9.51. The second-order valence-electron chi connectivity index (χ2n) is 3.94. The van der Waals surface area contributed by atoms with Crippen molar-refractivity contribution in [1.29, 1.82) is 5.26 Å². The lowest BCUT2D eigenvalue weighted by atomic mass is 10.1. The molecule has 0 spiro atoms. The number of rotatable bonds is 2. The van der Waals surface area contributed by atoms with Crippen LogP contribution in [0.5, 0.6) is 0 Å². The summed E-state index contributed by atoms with van der Waals surface area (Å²) in [5.41, 5.74) is 0.602. The van der Waals surface area contributed by atoms with E-state index < -0.39 is 11.7 Å². The van der Waals surface area contributed by atoms with E-state index in [0.29, 0.717) is 0 Å². The molecule has 1 aromatic heterocycles. The summed E-state index contributed by atoms with van der Waals surface area (Å²) in [5, 5.41) is 18.6. The number of nitrogens with one attached hydrogen (secondary N) is 1. The van der Waals surface area contributed by atoms with Crippen molar-refractivity contribution in [2.75, 3.05) is 5.32 Å². The molecule has 0 radical (unpaired) electrons. The molecular formula is C13H8ClFN4O. The van der Waals surface area contributed by atoms with Gasteiger partial charge in [-0.3, -0.25) is 4.79 Å². The van der Waals surface area contributed by atoms with Crippen LogP contribution in [-0.4, -0.2) is 16.1 Å². The van der Waals surface area contributed by atoms with E-state index in [-0.39, 0.29) is 27.7 Å². The number of hydrogen-bond donors (Lipinski definition) is 1. The molecular weight excluding hydrogens is 283 g/mol. The zero-order valence-electron chi connectivity index (χ0n) is 10.3. The van der Waals surface area contributed by atoms with Crippen molar-refractivity contribution in [1.82, 2.24) is 10.2 Å². The van der Waals surface area contributed by atoms with E-state index in [9.17, 15) is 9.18 Å². The molecule has 1 heterocycles. The molecule has 100 valence electrons. The van der Waals surface area contributed by atoms with Crippen molar-refractivity contribution < 1.29 is 9.18 Å². The first-order valence-corrected chi connectivity index (χ1v) is 5.90. The van der Waals surface area contributed by atoms with Gasteiger partial charge in [-0.1, -0.05) is 11.6 Å². The van der Waals surface area contributed by atoms with Crippen LogP contribution in [0.1, 0.15) is 21.6 Å². The zero-order chi connectivity index (χ0) is 14.7. The third-order valence-electron chi connectivity index (χ3n) is 2.59.